The van der Waals surface area contributed by atoms with Crippen LogP contribution in [0.3, 0.4) is 0 Å². The zero-order valence-electron chi connectivity index (χ0n) is 18.0. The van der Waals surface area contributed by atoms with Gasteiger partial charge in [-0.2, -0.15) is 0 Å². The maximum Gasteiger partial charge on any atom is 0.0602 e. The number of nitrogens with zero attached hydrogens (tertiary/aromatic N) is 1. The van der Waals surface area contributed by atoms with Crippen LogP contribution in [0.25, 0.3) is 0 Å². The molecule has 0 amide bonds. The lowest BCUT2D eigenvalue weighted by molar-refractivity contribution is 0.534. The van der Waals surface area contributed by atoms with Crippen LogP contribution < -0.4 is 10.2 Å². The lowest BCUT2D eigenvalue weighted by Crippen LogP contribution is -2.25. The Hall–Kier alpha value is -1.18. The number of rotatable bonds is 15. The summed E-state index contributed by atoms with van der Waals surface area (Å²) in [6, 6.07) is 8.81. The predicted molar refractivity (Wildman–Crippen MR) is 122 cm³/mol. The van der Waals surface area contributed by atoms with Crippen molar-refractivity contribution in [1.82, 2.24) is 0 Å². The normalized spacial score (nSPS) is 13.9. The molecule has 2 rings (SSSR count). The fourth-order valence-corrected chi connectivity index (χ4v) is 4.24. The largest absolute Gasteiger partial charge is 0.383 e. The monoisotopic (exact) mass is 372 g/mol. The van der Waals surface area contributed by atoms with Crippen molar-refractivity contribution in [3.63, 3.8) is 0 Å². The first-order valence-corrected chi connectivity index (χ1v) is 12.0. The predicted octanol–water partition coefficient (Wildman–Crippen LogP) is 7.79. The van der Waals surface area contributed by atoms with Crippen LogP contribution in [-0.4, -0.2) is 19.6 Å². The summed E-state index contributed by atoms with van der Waals surface area (Å²) >= 11 is 0. The fraction of sp³-hybridized carbons (Fsp3) is 0.760. The van der Waals surface area contributed by atoms with Crippen LogP contribution in [0.5, 0.6) is 0 Å². The van der Waals surface area contributed by atoms with Gasteiger partial charge in [0.15, 0.2) is 0 Å². The Morgan fingerprint density at radius 1 is 0.741 bits per heavy atom. The van der Waals surface area contributed by atoms with Crippen molar-refractivity contribution in [2.75, 3.05) is 29.9 Å². The van der Waals surface area contributed by atoms with Crippen molar-refractivity contribution in [2.45, 2.75) is 103 Å². The SMILES string of the molecule is CCCCCCCCCCCCCCCCN1CCCNc2ccccc21. The highest BCUT2D eigenvalue weighted by molar-refractivity contribution is 5.70. The van der Waals surface area contributed by atoms with Gasteiger partial charge in [0.2, 0.25) is 0 Å². The van der Waals surface area contributed by atoms with Crippen LogP contribution in [0.2, 0.25) is 0 Å². The van der Waals surface area contributed by atoms with Gasteiger partial charge in [-0.1, -0.05) is 103 Å². The maximum absolute atomic E-state index is 3.57. The number of hydrogen-bond acceptors (Lipinski definition) is 2. The number of nitrogens with one attached hydrogen (secondary N) is 1. The average Bonchev–Trinajstić information content (AvgIpc) is 2.90. The molecule has 0 radical (unpaired) electrons. The number of anilines is 2. The number of para-hydroxylation sites is 2. The van der Waals surface area contributed by atoms with Crippen molar-refractivity contribution in [2.24, 2.45) is 0 Å². The molecule has 1 aromatic carbocycles. The number of hydrogen-bond donors (Lipinski definition) is 1. The highest BCUT2D eigenvalue weighted by atomic mass is 15.2. The van der Waals surface area contributed by atoms with E-state index in [-0.39, 0.29) is 0 Å². The third-order valence-electron chi connectivity index (χ3n) is 5.95. The molecule has 154 valence electrons. The topological polar surface area (TPSA) is 15.3 Å². The van der Waals surface area contributed by atoms with E-state index < -0.39 is 0 Å². The van der Waals surface area contributed by atoms with E-state index in [2.05, 4.69) is 41.4 Å². The molecule has 0 spiro atoms. The average molecular weight is 373 g/mol. The van der Waals surface area contributed by atoms with E-state index in [0.717, 1.165) is 6.54 Å². The summed E-state index contributed by atoms with van der Waals surface area (Å²) < 4.78 is 0. The minimum Gasteiger partial charge on any atom is -0.383 e. The van der Waals surface area contributed by atoms with Gasteiger partial charge < -0.3 is 10.2 Å². The summed E-state index contributed by atoms with van der Waals surface area (Å²) in [5.74, 6) is 0. The van der Waals surface area contributed by atoms with E-state index in [9.17, 15) is 0 Å². The van der Waals surface area contributed by atoms with Gasteiger partial charge in [-0.15, -0.1) is 0 Å². The summed E-state index contributed by atoms with van der Waals surface area (Å²) in [7, 11) is 0. The first-order chi connectivity index (χ1) is 13.4. The van der Waals surface area contributed by atoms with Crippen LogP contribution in [0.15, 0.2) is 24.3 Å². The van der Waals surface area contributed by atoms with Crippen molar-refractivity contribution in [1.29, 1.82) is 0 Å². The van der Waals surface area contributed by atoms with E-state index in [1.807, 2.05) is 0 Å². The first kappa shape index (κ1) is 22.1. The second-order valence-electron chi connectivity index (χ2n) is 8.38. The highest BCUT2D eigenvalue weighted by Gasteiger charge is 2.13. The molecule has 0 saturated heterocycles. The molecule has 0 aliphatic carbocycles. The quantitative estimate of drug-likeness (QED) is 0.316. The standard InChI is InChI=1S/C25H44N2/c1-2-3-4-5-6-7-8-9-10-11-12-13-14-17-22-27-23-18-21-26-24-19-15-16-20-25(24)27/h15-16,19-20,26H,2-14,17-18,21-23H2,1H3. The summed E-state index contributed by atoms with van der Waals surface area (Å²) in [6.45, 7) is 5.82. The smallest absolute Gasteiger partial charge is 0.0602 e. The molecule has 1 aliphatic rings. The maximum atomic E-state index is 3.57. The van der Waals surface area contributed by atoms with Gasteiger partial charge in [0, 0.05) is 19.6 Å². The Morgan fingerprint density at radius 3 is 1.93 bits per heavy atom. The minimum atomic E-state index is 1.10. The van der Waals surface area contributed by atoms with E-state index in [1.54, 1.807) is 0 Å². The molecule has 0 unspecified atom stereocenters. The lowest BCUT2D eigenvalue weighted by Gasteiger charge is -2.24. The van der Waals surface area contributed by atoms with Gasteiger partial charge in [-0.3, -0.25) is 0 Å². The van der Waals surface area contributed by atoms with E-state index >= 15 is 0 Å². The Bertz CT molecular complexity index is 471. The summed E-state index contributed by atoms with van der Waals surface area (Å²) in [6.07, 6.45) is 21.3. The summed E-state index contributed by atoms with van der Waals surface area (Å²) in [5, 5.41) is 3.57. The first-order valence-electron chi connectivity index (χ1n) is 12.0. The summed E-state index contributed by atoms with van der Waals surface area (Å²) in [4.78, 5) is 2.59. The summed E-state index contributed by atoms with van der Waals surface area (Å²) in [5.41, 5.74) is 2.73. The molecule has 0 aromatic heterocycles. The van der Waals surface area contributed by atoms with Crippen LogP contribution in [0, 0.1) is 0 Å². The number of unbranched alkanes of at least 4 members (excludes halogenated alkanes) is 13. The molecule has 1 heterocycles. The van der Waals surface area contributed by atoms with Gasteiger partial charge >= 0.3 is 0 Å². The van der Waals surface area contributed by atoms with Gasteiger partial charge in [0.25, 0.3) is 0 Å². The molecule has 0 atom stereocenters. The second-order valence-corrected chi connectivity index (χ2v) is 8.38. The Morgan fingerprint density at radius 2 is 1.30 bits per heavy atom. The zero-order chi connectivity index (χ0) is 19.0. The van der Waals surface area contributed by atoms with Crippen molar-refractivity contribution < 1.29 is 0 Å². The van der Waals surface area contributed by atoms with Crippen LogP contribution >= 0.6 is 0 Å². The molecule has 0 fully saturated rings. The fourth-order valence-electron chi connectivity index (χ4n) is 4.24. The van der Waals surface area contributed by atoms with Crippen LogP contribution in [0.4, 0.5) is 11.4 Å². The van der Waals surface area contributed by atoms with Crippen LogP contribution in [0.1, 0.15) is 103 Å². The molecule has 1 N–H and O–H groups in total. The Labute approximate surface area is 169 Å². The molecular formula is C25H44N2. The third kappa shape index (κ3) is 9.53. The van der Waals surface area contributed by atoms with E-state index in [0.29, 0.717) is 0 Å². The molecule has 2 heteroatoms. The number of benzene rings is 1. The van der Waals surface area contributed by atoms with Gasteiger partial charge in [-0.05, 0) is 25.0 Å². The van der Waals surface area contributed by atoms with E-state index in [4.69, 9.17) is 0 Å². The lowest BCUT2D eigenvalue weighted by atomic mass is 10.0. The minimum absolute atomic E-state index is 1.10. The number of fused-ring (bicyclic) bond motifs is 1. The molecule has 1 aliphatic heterocycles. The molecule has 1 aromatic rings. The second kappa shape index (κ2) is 14.8. The van der Waals surface area contributed by atoms with Gasteiger partial charge in [0.05, 0.1) is 11.4 Å². The van der Waals surface area contributed by atoms with Crippen molar-refractivity contribution in [3.8, 4) is 0 Å². The molecule has 2 nitrogen and oxygen atoms in total. The zero-order valence-corrected chi connectivity index (χ0v) is 18.0. The molecule has 0 saturated carbocycles. The van der Waals surface area contributed by atoms with Crippen molar-refractivity contribution >= 4 is 11.4 Å². The van der Waals surface area contributed by atoms with Crippen LogP contribution in [-0.2, 0) is 0 Å². The van der Waals surface area contributed by atoms with Gasteiger partial charge in [-0.25, -0.2) is 0 Å². The molecule has 0 bridgehead atoms. The Balaban J connectivity index is 1.42. The molecular weight excluding hydrogens is 328 g/mol. The van der Waals surface area contributed by atoms with Gasteiger partial charge in [0.1, 0.15) is 0 Å². The Kier molecular flexibility index (Phi) is 12.1. The third-order valence-corrected chi connectivity index (χ3v) is 5.95. The van der Waals surface area contributed by atoms with E-state index in [1.165, 1.54) is 121 Å². The molecule has 27 heavy (non-hydrogen) atoms. The van der Waals surface area contributed by atoms with Crippen molar-refractivity contribution in [3.05, 3.63) is 24.3 Å². The highest BCUT2D eigenvalue weighted by Crippen LogP contribution is 2.28.